The van der Waals surface area contributed by atoms with Crippen molar-refractivity contribution in [1.82, 2.24) is 4.57 Å². The number of ether oxygens (including phenoxy) is 2. The Morgan fingerprint density at radius 3 is 2.42 bits per heavy atom. The molecule has 2 rings (SSSR count). The minimum absolute atomic E-state index is 0.0550. The molecule has 2 aromatic rings. The summed E-state index contributed by atoms with van der Waals surface area (Å²) in [4.78, 5) is 36.6. The molecule has 0 saturated heterocycles. The first-order valence-electron chi connectivity index (χ1n) is 7.80. The highest BCUT2D eigenvalue weighted by Crippen LogP contribution is 2.04. The highest BCUT2D eigenvalue weighted by molar-refractivity contribution is 7.07. The third-order valence-corrected chi connectivity index (χ3v) is 4.27. The minimum atomic E-state index is -0.830. The molecule has 0 radical (unpaired) electrons. The molecule has 0 saturated carbocycles. The van der Waals surface area contributed by atoms with Gasteiger partial charge in [-0.15, -0.1) is 11.3 Å². The van der Waals surface area contributed by atoms with Crippen LogP contribution in [-0.4, -0.2) is 29.7 Å². The number of aromatic nitrogens is 1. The van der Waals surface area contributed by atoms with Crippen molar-refractivity contribution in [2.45, 2.75) is 13.8 Å². The van der Waals surface area contributed by atoms with Crippen LogP contribution in [0.3, 0.4) is 0 Å². The van der Waals surface area contributed by atoms with Crippen molar-refractivity contribution in [3.8, 4) is 11.8 Å². The van der Waals surface area contributed by atoms with Gasteiger partial charge in [-0.3, -0.25) is 9.36 Å². The van der Waals surface area contributed by atoms with E-state index in [0.717, 1.165) is 17.4 Å². The molecule has 134 valence electrons. The molecule has 1 aromatic carbocycles. The van der Waals surface area contributed by atoms with Crippen LogP contribution in [0, 0.1) is 11.3 Å². The van der Waals surface area contributed by atoms with Crippen molar-refractivity contribution in [3.05, 3.63) is 49.9 Å². The zero-order valence-corrected chi connectivity index (χ0v) is 15.0. The third kappa shape index (κ3) is 4.07. The summed E-state index contributed by atoms with van der Waals surface area (Å²) in [5.41, 5.74) is -0.369. The van der Waals surface area contributed by atoms with Crippen LogP contribution < -0.4 is 14.8 Å². The van der Waals surface area contributed by atoms with Gasteiger partial charge < -0.3 is 9.47 Å². The quantitative estimate of drug-likeness (QED) is 0.708. The highest BCUT2D eigenvalue weighted by atomic mass is 32.1. The topological polar surface area (TPSA) is 98.4 Å². The van der Waals surface area contributed by atoms with Gasteiger partial charge in [0.1, 0.15) is 15.3 Å². The van der Waals surface area contributed by atoms with E-state index in [-0.39, 0.29) is 28.0 Å². The summed E-state index contributed by atoms with van der Waals surface area (Å²) in [5, 5.41) is 9.42. The first kappa shape index (κ1) is 19.1. The number of benzene rings is 1. The van der Waals surface area contributed by atoms with Crippen LogP contribution in [0.4, 0.5) is 0 Å². The molecule has 0 aliphatic rings. The van der Waals surface area contributed by atoms with Crippen molar-refractivity contribution >= 4 is 34.9 Å². The van der Waals surface area contributed by atoms with Crippen LogP contribution in [0.2, 0.25) is 0 Å². The summed E-state index contributed by atoms with van der Waals surface area (Å²) in [5.74, 6) is -1.50. The SMILES string of the molecule is CCOC(=O)C=c1sc(=C(C#N)C(=O)OCC)n(-c2ccccc2)c1=O. The lowest BCUT2D eigenvalue weighted by Crippen LogP contribution is -2.32. The van der Waals surface area contributed by atoms with E-state index in [0.29, 0.717) is 5.69 Å². The van der Waals surface area contributed by atoms with Crippen LogP contribution >= 0.6 is 11.3 Å². The lowest BCUT2D eigenvalue weighted by molar-refractivity contribution is -0.136. The van der Waals surface area contributed by atoms with Gasteiger partial charge in [0.15, 0.2) is 5.57 Å². The second kappa shape index (κ2) is 8.78. The van der Waals surface area contributed by atoms with E-state index >= 15 is 0 Å². The Bertz CT molecular complexity index is 1030. The molecule has 1 aromatic heterocycles. The summed E-state index contributed by atoms with van der Waals surface area (Å²) in [7, 11) is 0. The minimum Gasteiger partial charge on any atom is -0.463 e. The van der Waals surface area contributed by atoms with E-state index in [1.54, 1.807) is 50.2 Å². The van der Waals surface area contributed by atoms with Crippen molar-refractivity contribution < 1.29 is 19.1 Å². The van der Waals surface area contributed by atoms with Crippen molar-refractivity contribution in [2.75, 3.05) is 13.2 Å². The first-order chi connectivity index (χ1) is 12.5. The largest absolute Gasteiger partial charge is 0.463 e. The number of esters is 2. The molecule has 0 N–H and O–H groups in total. The van der Waals surface area contributed by atoms with E-state index in [9.17, 15) is 19.6 Å². The Hall–Kier alpha value is -3.18. The lowest BCUT2D eigenvalue weighted by atomic mass is 10.3. The standard InChI is InChI=1S/C18H16N2O5S/c1-3-24-15(21)10-14-16(22)20(12-8-6-5-7-9-12)17(26-14)13(11-19)18(23)25-4-2/h5-10H,3-4H2,1-2H3. The average Bonchev–Trinajstić information content (AvgIpc) is 2.93. The van der Waals surface area contributed by atoms with E-state index in [1.165, 1.54) is 4.57 Å². The summed E-state index contributed by atoms with van der Waals surface area (Å²) >= 11 is 0.856. The van der Waals surface area contributed by atoms with Gasteiger partial charge in [-0.25, -0.2) is 9.59 Å². The number of nitriles is 1. The number of para-hydroxylation sites is 1. The summed E-state index contributed by atoms with van der Waals surface area (Å²) in [6.07, 6.45) is 1.06. The van der Waals surface area contributed by atoms with Gasteiger partial charge in [-0.1, -0.05) is 18.2 Å². The Labute approximate surface area is 153 Å². The Morgan fingerprint density at radius 1 is 1.19 bits per heavy atom. The third-order valence-electron chi connectivity index (χ3n) is 3.18. The van der Waals surface area contributed by atoms with Gasteiger partial charge in [-0.2, -0.15) is 5.26 Å². The van der Waals surface area contributed by atoms with Crippen molar-refractivity contribution in [1.29, 1.82) is 5.26 Å². The number of hydrogen-bond donors (Lipinski definition) is 0. The maximum atomic E-state index is 12.8. The number of carbonyl (C=O) groups is 2. The number of nitrogens with zero attached hydrogens (tertiary/aromatic N) is 2. The Balaban J connectivity index is 2.87. The van der Waals surface area contributed by atoms with E-state index in [4.69, 9.17) is 9.47 Å². The first-order valence-corrected chi connectivity index (χ1v) is 8.62. The van der Waals surface area contributed by atoms with Gasteiger partial charge in [0.05, 0.1) is 18.9 Å². The predicted octanol–water partition coefficient (Wildman–Crippen LogP) is 0.480. The molecule has 8 heteroatoms. The molecule has 0 spiro atoms. The van der Waals surface area contributed by atoms with Crippen molar-refractivity contribution in [3.63, 3.8) is 0 Å². The van der Waals surface area contributed by atoms with Crippen LogP contribution in [-0.2, 0) is 19.1 Å². The molecule has 7 nitrogen and oxygen atoms in total. The number of thiazole rings is 1. The average molecular weight is 372 g/mol. The van der Waals surface area contributed by atoms with Gasteiger partial charge in [0.25, 0.3) is 5.56 Å². The number of hydrogen-bond acceptors (Lipinski definition) is 7. The fraction of sp³-hybridized carbons (Fsp3) is 0.222. The summed E-state index contributed by atoms with van der Waals surface area (Å²) in [6, 6.07) is 10.3. The molecule has 0 bridgehead atoms. The molecule has 0 unspecified atom stereocenters. The second-order valence-electron chi connectivity index (χ2n) is 4.85. The molecule has 26 heavy (non-hydrogen) atoms. The van der Waals surface area contributed by atoms with Gasteiger partial charge in [-0.05, 0) is 26.0 Å². The van der Waals surface area contributed by atoms with Crippen molar-refractivity contribution in [2.24, 2.45) is 0 Å². The van der Waals surface area contributed by atoms with Gasteiger partial charge in [0, 0.05) is 6.08 Å². The Kier molecular flexibility index (Phi) is 6.47. The Morgan fingerprint density at radius 2 is 1.85 bits per heavy atom. The maximum absolute atomic E-state index is 12.8. The summed E-state index contributed by atoms with van der Waals surface area (Å²) < 4.78 is 11.1. The fourth-order valence-corrected chi connectivity index (χ4v) is 3.19. The predicted molar refractivity (Wildman–Crippen MR) is 95.9 cm³/mol. The molecular formula is C18H16N2O5S. The number of rotatable bonds is 5. The molecule has 0 aliphatic heterocycles. The monoisotopic (exact) mass is 372 g/mol. The second-order valence-corrected chi connectivity index (χ2v) is 5.88. The highest BCUT2D eigenvalue weighted by Gasteiger charge is 2.18. The lowest BCUT2D eigenvalue weighted by Gasteiger charge is -2.03. The van der Waals surface area contributed by atoms with Gasteiger partial charge in [0.2, 0.25) is 0 Å². The van der Waals surface area contributed by atoms with Gasteiger partial charge >= 0.3 is 11.9 Å². The molecule has 0 aliphatic carbocycles. The smallest absolute Gasteiger partial charge is 0.351 e. The van der Waals surface area contributed by atoms with Crippen LogP contribution in [0.1, 0.15) is 13.8 Å². The molecule has 0 fully saturated rings. The van der Waals surface area contributed by atoms with E-state index < -0.39 is 17.5 Å². The zero-order valence-electron chi connectivity index (χ0n) is 14.2. The normalized spacial score (nSPS) is 12.3. The van der Waals surface area contributed by atoms with Crippen LogP contribution in [0.25, 0.3) is 17.3 Å². The maximum Gasteiger partial charge on any atom is 0.351 e. The molecule has 1 heterocycles. The van der Waals surface area contributed by atoms with E-state index in [2.05, 4.69) is 0 Å². The van der Waals surface area contributed by atoms with Crippen LogP contribution in [0.15, 0.2) is 35.1 Å². The zero-order chi connectivity index (χ0) is 19.1. The molecule has 0 amide bonds. The molecule has 0 atom stereocenters. The van der Waals surface area contributed by atoms with E-state index in [1.807, 2.05) is 0 Å². The fourth-order valence-electron chi connectivity index (χ4n) is 2.14. The van der Waals surface area contributed by atoms with Crippen LogP contribution in [0.5, 0.6) is 0 Å². The molecular weight excluding hydrogens is 356 g/mol. The number of carbonyl (C=O) groups excluding carboxylic acids is 2. The summed E-state index contributed by atoms with van der Waals surface area (Å²) in [6.45, 7) is 3.52.